The molecule has 2 N–H and O–H groups in total. The van der Waals surface area contributed by atoms with Crippen LogP contribution in [0.3, 0.4) is 0 Å². The largest absolute Gasteiger partial charge is 0.368 e. The van der Waals surface area contributed by atoms with Gasteiger partial charge in [0.2, 0.25) is 5.91 Å². The van der Waals surface area contributed by atoms with Crippen LogP contribution in [0.25, 0.3) is 10.9 Å². The molecule has 0 saturated heterocycles. The highest BCUT2D eigenvalue weighted by Gasteiger charge is 2.23. The second kappa shape index (κ2) is 6.99. The Morgan fingerprint density at radius 1 is 1.20 bits per heavy atom. The van der Waals surface area contributed by atoms with Crippen molar-refractivity contribution >= 4 is 16.8 Å². The number of likely N-dealkylation sites (N-methyl/N-ethyl adjacent to an activating group) is 1. The maximum Gasteiger partial charge on any atom is 0.239 e. The topological polar surface area (TPSA) is 59.2 Å². The normalized spacial score (nSPS) is 12.5. The predicted octanol–water partition coefficient (Wildman–Crippen LogP) is 3.34. The highest BCUT2D eigenvalue weighted by molar-refractivity contribution is 5.81. The predicted molar refractivity (Wildman–Crippen MR) is 96.3 cm³/mol. The number of halogens is 1. The number of pyridine rings is 1. The standard InChI is InChI=1S/C20H20FN3O/c1-13-6-8-15-10-14(7-9-18(15)23-13)12-24(2)19(20(22)25)16-4-3-5-17(21)11-16/h3-11,19H,12H2,1-2H3,(H2,22,25)/t19-/m0/s1. The second-order valence-electron chi connectivity index (χ2n) is 6.25. The summed E-state index contributed by atoms with van der Waals surface area (Å²) in [6.45, 7) is 2.46. The first kappa shape index (κ1) is 17.0. The molecule has 1 amide bonds. The molecule has 0 fully saturated rings. The third-order valence-electron chi connectivity index (χ3n) is 4.20. The fourth-order valence-corrected chi connectivity index (χ4v) is 3.07. The number of primary amides is 1. The van der Waals surface area contributed by atoms with Crippen LogP contribution in [0.5, 0.6) is 0 Å². The Morgan fingerprint density at radius 2 is 2.00 bits per heavy atom. The van der Waals surface area contributed by atoms with Crippen LogP contribution in [-0.4, -0.2) is 22.8 Å². The smallest absolute Gasteiger partial charge is 0.239 e. The summed E-state index contributed by atoms with van der Waals surface area (Å²) in [5.41, 5.74) is 9.05. The molecule has 1 aromatic heterocycles. The van der Waals surface area contributed by atoms with Crippen LogP contribution in [0.4, 0.5) is 4.39 Å². The molecule has 2 aromatic carbocycles. The zero-order valence-electron chi connectivity index (χ0n) is 14.2. The van der Waals surface area contributed by atoms with Gasteiger partial charge >= 0.3 is 0 Å². The number of nitrogens with zero attached hydrogens (tertiary/aromatic N) is 2. The highest BCUT2D eigenvalue weighted by atomic mass is 19.1. The van der Waals surface area contributed by atoms with Crippen LogP contribution in [0.1, 0.15) is 22.9 Å². The first-order valence-corrected chi connectivity index (χ1v) is 8.05. The average molecular weight is 337 g/mol. The van der Waals surface area contributed by atoms with Crippen molar-refractivity contribution < 1.29 is 9.18 Å². The summed E-state index contributed by atoms with van der Waals surface area (Å²) in [7, 11) is 1.80. The van der Waals surface area contributed by atoms with E-state index >= 15 is 0 Å². The lowest BCUT2D eigenvalue weighted by Crippen LogP contribution is -2.35. The van der Waals surface area contributed by atoms with Crippen LogP contribution in [0.2, 0.25) is 0 Å². The Hall–Kier alpha value is -2.79. The molecule has 0 bridgehead atoms. The number of hydrogen-bond acceptors (Lipinski definition) is 3. The Bertz CT molecular complexity index is 926. The molecule has 5 heteroatoms. The van der Waals surface area contributed by atoms with E-state index < -0.39 is 11.9 Å². The molecule has 0 radical (unpaired) electrons. The van der Waals surface area contributed by atoms with E-state index in [9.17, 15) is 9.18 Å². The summed E-state index contributed by atoms with van der Waals surface area (Å²) in [5.74, 6) is -0.893. The number of fused-ring (bicyclic) bond motifs is 1. The number of rotatable bonds is 5. The molecule has 0 aliphatic carbocycles. The number of nitrogens with two attached hydrogens (primary N) is 1. The first-order valence-electron chi connectivity index (χ1n) is 8.05. The van der Waals surface area contributed by atoms with Gasteiger partial charge < -0.3 is 5.73 Å². The zero-order chi connectivity index (χ0) is 18.0. The second-order valence-corrected chi connectivity index (χ2v) is 6.25. The first-order chi connectivity index (χ1) is 11.9. The average Bonchev–Trinajstić information content (AvgIpc) is 2.55. The molecular weight excluding hydrogens is 317 g/mol. The van der Waals surface area contributed by atoms with Crippen molar-refractivity contribution in [1.29, 1.82) is 0 Å². The summed E-state index contributed by atoms with van der Waals surface area (Å²) in [6.07, 6.45) is 0. The van der Waals surface area contributed by atoms with Gasteiger partial charge in [-0.1, -0.05) is 24.3 Å². The van der Waals surface area contributed by atoms with Crippen LogP contribution in [-0.2, 0) is 11.3 Å². The van der Waals surface area contributed by atoms with Gasteiger partial charge in [-0.25, -0.2) is 4.39 Å². The third-order valence-corrected chi connectivity index (χ3v) is 4.20. The van der Waals surface area contributed by atoms with Crippen molar-refractivity contribution in [3.8, 4) is 0 Å². The highest BCUT2D eigenvalue weighted by Crippen LogP contribution is 2.23. The van der Waals surface area contributed by atoms with E-state index in [1.165, 1.54) is 12.1 Å². The van der Waals surface area contributed by atoms with Crippen molar-refractivity contribution in [1.82, 2.24) is 9.88 Å². The Kier molecular flexibility index (Phi) is 4.76. The van der Waals surface area contributed by atoms with E-state index in [4.69, 9.17) is 5.73 Å². The molecule has 25 heavy (non-hydrogen) atoms. The van der Waals surface area contributed by atoms with Crippen LogP contribution in [0, 0.1) is 12.7 Å². The van der Waals surface area contributed by atoms with Crippen molar-refractivity contribution in [2.75, 3.05) is 7.05 Å². The molecule has 3 rings (SSSR count). The number of aromatic nitrogens is 1. The molecule has 0 aliphatic heterocycles. The van der Waals surface area contributed by atoms with Gasteiger partial charge in [-0.05, 0) is 55.4 Å². The van der Waals surface area contributed by atoms with Gasteiger partial charge in [0.25, 0.3) is 0 Å². The van der Waals surface area contributed by atoms with Gasteiger partial charge in [-0.2, -0.15) is 0 Å². The van der Waals surface area contributed by atoms with Gasteiger partial charge in [0.05, 0.1) is 5.52 Å². The summed E-state index contributed by atoms with van der Waals surface area (Å²) in [4.78, 5) is 18.2. The molecule has 0 aliphatic rings. The maximum atomic E-state index is 13.5. The van der Waals surface area contributed by atoms with E-state index in [1.807, 2.05) is 42.2 Å². The third kappa shape index (κ3) is 3.83. The van der Waals surface area contributed by atoms with Crippen molar-refractivity contribution in [2.45, 2.75) is 19.5 Å². The van der Waals surface area contributed by atoms with Crippen LogP contribution < -0.4 is 5.73 Å². The van der Waals surface area contributed by atoms with Crippen molar-refractivity contribution in [2.24, 2.45) is 5.73 Å². The fourth-order valence-electron chi connectivity index (χ4n) is 3.07. The molecule has 4 nitrogen and oxygen atoms in total. The lowest BCUT2D eigenvalue weighted by Gasteiger charge is -2.26. The van der Waals surface area contributed by atoms with E-state index in [0.29, 0.717) is 12.1 Å². The Balaban J connectivity index is 1.87. The lowest BCUT2D eigenvalue weighted by molar-refractivity contribution is -0.123. The maximum absolute atomic E-state index is 13.5. The number of carbonyl (C=O) groups excluding carboxylic acids is 1. The zero-order valence-corrected chi connectivity index (χ0v) is 14.2. The van der Waals surface area contributed by atoms with Gasteiger partial charge in [-0.3, -0.25) is 14.7 Å². The summed E-state index contributed by atoms with van der Waals surface area (Å²) in [6, 6.07) is 15.3. The molecule has 128 valence electrons. The quantitative estimate of drug-likeness (QED) is 0.777. The van der Waals surface area contributed by atoms with Gasteiger partial charge in [0, 0.05) is 17.6 Å². The number of amides is 1. The summed E-state index contributed by atoms with van der Waals surface area (Å²) < 4.78 is 13.5. The summed E-state index contributed by atoms with van der Waals surface area (Å²) in [5, 5.41) is 1.04. The van der Waals surface area contributed by atoms with Gasteiger partial charge in [-0.15, -0.1) is 0 Å². The lowest BCUT2D eigenvalue weighted by atomic mass is 10.0. The van der Waals surface area contributed by atoms with Crippen molar-refractivity contribution in [3.05, 3.63) is 77.2 Å². The number of hydrogen-bond donors (Lipinski definition) is 1. The van der Waals surface area contributed by atoms with E-state index in [-0.39, 0.29) is 5.82 Å². The monoisotopic (exact) mass is 337 g/mol. The van der Waals surface area contributed by atoms with E-state index in [2.05, 4.69) is 4.98 Å². The molecular formula is C20H20FN3O. The molecule has 0 spiro atoms. The molecule has 1 heterocycles. The number of benzene rings is 2. The number of carbonyl (C=O) groups is 1. The minimum atomic E-state index is -0.692. The summed E-state index contributed by atoms with van der Waals surface area (Å²) >= 11 is 0. The van der Waals surface area contributed by atoms with Crippen molar-refractivity contribution in [3.63, 3.8) is 0 Å². The minimum Gasteiger partial charge on any atom is -0.368 e. The van der Waals surface area contributed by atoms with Crippen LogP contribution in [0.15, 0.2) is 54.6 Å². The SMILES string of the molecule is Cc1ccc2cc(CN(C)[C@H](C(N)=O)c3cccc(F)c3)ccc2n1. The number of aryl methyl sites for hydroxylation is 1. The van der Waals surface area contributed by atoms with Gasteiger partial charge in [0.15, 0.2) is 0 Å². The molecule has 0 saturated carbocycles. The van der Waals surface area contributed by atoms with Crippen LogP contribution >= 0.6 is 0 Å². The molecule has 3 aromatic rings. The Labute approximate surface area is 146 Å². The fraction of sp³-hybridized carbons (Fsp3) is 0.200. The van der Waals surface area contributed by atoms with Gasteiger partial charge in [0.1, 0.15) is 11.9 Å². The van der Waals surface area contributed by atoms with E-state index in [0.717, 1.165) is 22.2 Å². The Morgan fingerprint density at radius 3 is 2.72 bits per heavy atom. The molecule has 0 unspecified atom stereocenters. The molecule has 1 atom stereocenters. The minimum absolute atomic E-state index is 0.385. The van der Waals surface area contributed by atoms with E-state index in [1.54, 1.807) is 19.2 Å².